The summed E-state index contributed by atoms with van der Waals surface area (Å²) < 4.78 is 41.4. The number of aryl methyl sites for hydroxylation is 1. The van der Waals surface area contributed by atoms with Crippen LogP contribution in [0.5, 0.6) is 0 Å². The van der Waals surface area contributed by atoms with E-state index in [2.05, 4.69) is 4.98 Å². The molecule has 7 nitrogen and oxygen atoms in total. The Morgan fingerprint density at radius 2 is 1.89 bits per heavy atom. The molecule has 1 saturated heterocycles. The van der Waals surface area contributed by atoms with E-state index >= 15 is 0 Å². The summed E-state index contributed by atoms with van der Waals surface area (Å²) >= 11 is 0. The lowest BCUT2D eigenvalue weighted by Crippen LogP contribution is -2.69. The third-order valence-electron chi connectivity index (χ3n) is 4.21. The number of benzene rings is 1. The minimum absolute atomic E-state index is 0.0815. The van der Waals surface area contributed by atoms with Crippen LogP contribution in [0.4, 0.5) is 18.0 Å². The average Bonchev–Trinajstić information content (AvgIpc) is 2.88. The smallest absolute Gasteiger partial charge is 0.314 e. The Labute approximate surface area is 157 Å². The van der Waals surface area contributed by atoms with E-state index in [0.717, 1.165) is 5.56 Å². The number of amides is 4. The average molecular weight is 392 g/mol. The summed E-state index contributed by atoms with van der Waals surface area (Å²) in [5.74, 6) is -2.76. The van der Waals surface area contributed by atoms with E-state index in [9.17, 15) is 27.6 Å². The fraction of sp³-hybridized carbons (Fsp3) is 0.222. The van der Waals surface area contributed by atoms with Crippen molar-refractivity contribution in [1.82, 2.24) is 20.5 Å². The number of hydrogen-bond donors (Lipinski definition) is 2. The number of carbonyl (C=O) groups excluding carboxylic acids is 3. The summed E-state index contributed by atoms with van der Waals surface area (Å²) in [6, 6.07) is 7.48. The molecular weight excluding hydrogens is 377 g/mol. The zero-order chi connectivity index (χ0) is 20.5. The van der Waals surface area contributed by atoms with Crippen molar-refractivity contribution in [1.29, 1.82) is 0 Å². The van der Waals surface area contributed by atoms with Crippen molar-refractivity contribution in [2.75, 3.05) is 0 Å². The highest BCUT2D eigenvalue weighted by atomic mass is 19.4. The van der Waals surface area contributed by atoms with Crippen molar-refractivity contribution < 1.29 is 27.6 Å². The Morgan fingerprint density at radius 1 is 1.21 bits per heavy atom. The quantitative estimate of drug-likeness (QED) is 0.780. The molecule has 2 N–H and O–H groups in total. The van der Waals surface area contributed by atoms with Gasteiger partial charge in [0.2, 0.25) is 0 Å². The van der Waals surface area contributed by atoms with Crippen LogP contribution < -0.4 is 10.6 Å². The monoisotopic (exact) mass is 392 g/mol. The highest BCUT2D eigenvalue weighted by Crippen LogP contribution is 2.34. The van der Waals surface area contributed by atoms with Crippen molar-refractivity contribution in [2.24, 2.45) is 0 Å². The largest absolute Gasteiger partial charge is 0.440 e. The van der Waals surface area contributed by atoms with E-state index in [1.54, 1.807) is 29.7 Å². The van der Waals surface area contributed by atoms with Crippen LogP contribution in [0.25, 0.3) is 0 Å². The number of carbonyl (C=O) groups is 3. The van der Waals surface area contributed by atoms with Crippen LogP contribution in [0.2, 0.25) is 0 Å². The number of nitrogens with zero attached hydrogens (tertiary/aromatic N) is 2. The first kappa shape index (κ1) is 19.3. The first-order valence-corrected chi connectivity index (χ1v) is 8.13. The van der Waals surface area contributed by atoms with Gasteiger partial charge in [0.15, 0.2) is 0 Å². The predicted molar refractivity (Wildman–Crippen MR) is 90.7 cm³/mol. The molecule has 1 atom stereocenters. The maximum absolute atomic E-state index is 13.8. The van der Waals surface area contributed by atoms with Crippen molar-refractivity contribution in [3.63, 3.8) is 0 Å². The molecule has 1 fully saturated rings. The maximum Gasteiger partial charge on any atom is 0.440 e. The molecule has 1 aliphatic rings. The summed E-state index contributed by atoms with van der Waals surface area (Å²) in [5, 5.41) is 3.26. The Hall–Kier alpha value is -3.43. The molecule has 0 spiro atoms. The minimum Gasteiger partial charge on any atom is -0.314 e. The lowest BCUT2D eigenvalue weighted by atomic mass is 10.1. The number of halogens is 3. The van der Waals surface area contributed by atoms with Gasteiger partial charge >= 0.3 is 12.2 Å². The van der Waals surface area contributed by atoms with E-state index in [1.807, 2.05) is 0 Å². The van der Waals surface area contributed by atoms with Crippen LogP contribution in [-0.4, -0.2) is 39.6 Å². The highest BCUT2D eigenvalue weighted by molar-refractivity contribution is 6.10. The van der Waals surface area contributed by atoms with Gasteiger partial charge in [-0.25, -0.2) is 4.79 Å². The molecule has 0 aliphatic carbocycles. The number of rotatable bonds is 4. The van der Waals surface area contributed by atoms with Gasteiger partial charge in [-0.2, -0.15) is 13.2 Å². The SMILES string of the molecule is Cc1ccc(C(=O)N[C@]2(C(F)(F)F)NC(=O)N(Cc3cccnc3)C2=O)cc1. The second-order valence-corrected chi connectivity index (χ2v) is 6.25. The summed E-state index contributed by atoms with van der Waals surface area (Å²) in [6.07, 6.45) is -2.50. The second-order valence-electron chi connectivity index (χ2n) is 6.25. The van der Waals surface area contributed by atoms with Gasteiger partial charge in [0.25, 0.3) is 17.5 Å². The van der Waals surface area contributed by atoms with Gasteiger partial charge in [-0.1, -0.05) is 23.8 Å². The minimum atomic E-state index is -5.26. The van der Waals surface area contributed by atoms with E-state index < -0.39 is 36.2 Å². The van der Waals surface area contributed by atoms with Crippen LogP contribution in [0, 0.1) is 6.92 Å². The van der Waals surface area contributed by atoms with Gasteiger partial charge in [-0.3, -0.25) is 24.8 Å². The molecule has 10 heteroatoms. The molecule has 146 valence electrons. The standard InChI is InChI=1S/C18H15F3N4O3/c1-11-4-6-13(7-5-11)14(26)23-17(18(19,20)21)15(27)25(16(28)24-17)10-12-3-2-8-22-9-12/h2-9H,10H2,1H3,(H,23,26)(H,24,28)/t17-/m0/s1. The number of imide groups is 1. The first-order valence-electron chi connectivity index (χ1n) is 8.13. The fourth-order valence-corrected chi connectivity index (χ4v) is 2.69. The van der Waals surface area contributed by atoms with Gasteiger partial charge in [-0.15, -0.1) is 0 Å². The number of alkyl halides is 3. The number of hydrogen-bond acceptors (Lipinski definition) is 4. The molecule has 0 radical (unpaired) electrons. The second kappa shape index (κ2) is 6.95. The van der Waals surface area contributed by atoms with Crippen LogP contribution >= 0.6 is 0 Å². The molecule has 4 amide bonds. The van der Waals surface area contributed by atoms with Crippen LogP contribution in [0.3, 0.4) is 0 Å². The molecular formula is C18H15F3N4O3. The van der Waals surface area contributed by atoms with Crippen LogP contribution in [0.1, 0.15) is 21.5 Å². The summed E-state index contributed by atoms with van der Waals surface area (Å²) in [5.41, 5.74) is -2.47. The molecule has 1 aromatic carbocycles. The Morgan fingerprint density at radius 3 is 2.46 bits per heavy atom. The molecule has 0 unspecified atom stereocenters. The summed E-state index contributed by atoms with van der Waals surface area (Å²) in [4.78, 5) is 41.3. The Bertz CT molecular complexity index is 916. The fourth-order valence-electron chi connectivity index (χ4n) is 2.69. The third kappa shape index (κ3) is 3.40. The lowest BCUT2D eigenvalue weighted by Gasteiger charge is -2.29. The normalized spacial score (nSPS) is 19.5. The highest BCUT2D eigenvalue weighted by Gasteiger charge is 2.68. The number of nitrogens with one attached hydrogen (secondary N) is 2. The molecule has 1 aliphatic heterocycles. The lowest BCUT2D eigenvalue weighted by molar-refractivity contribution is -0.200. The Kier molecular flexibility index (Phi) is 4.80. The van der Waals surface area contributed by atoms with Gasteiger partial charge in [-0.05, 0) is 30.7 Å². The van der Waals surface area contributed by atoms with E-state index in [-0.39, 0.29) is 5.56 Å². The van der Waals surface area contributed by atoms with Crippen LogP contribution in [-0.2, 0) is 11.3 Å². The topological polar surface area (TPSA) is 91.4 Å². The molecule has 28 heavy (non-hydrogen) atoms. The van der Waals surface area contributed by atoms with Crippen molar-refractivity contribution >= 4 is 17.8 Å². The summed E-state index contributed by atoms with van der Waals surface area (Å²) in [6.45, 7) is 1.33. The first-order chi connectivity index (χ1) is 13.1. The van der Waals surface area contributed by atoms with Gasteiger partial charge in [0, 0.05) is 18.0 Å². The molecule has 1 aromatic heterocycles. The van der Waals surface area contributed by atoms with Gasteiger partial charge in [0.05, 0.1) is 6.54 Å². The Balaban J connectivity index is 1.91. The van der Waals surface area contributed by atoms with Crippen molar-refractivity contribution in [3.05, 3.63) is 65.5 Å². The molecule has 3 rings (SSSR count). The number of aromatic nitrogens is 1. The molecule has 2 heterocycles. The van der Waals surface area contributed by atoms with Gasteiger partial charge < -0.3 is 5.32 Å². The summed E-state index contributed by atoms with van der Waals surface area (Å²) in [7, 11) is 0. The van der Waals surface area contributed by atoms with Crippen LogP contribution in [0.15, 0.2) is 48.8 Å². The maximum atomic E-state index is 13.8. The zero-order valence-corrected chi connectivity index (χ0v) is 14.6. The van der Waals surface area contributed by atoms with Crippen molar-refractivity contribution in [2.45, 2.75) is 25.3 Å². The van der Waals surface area contributed by atoms with E-state index in [0.29, 0.717) is 10.5 Å². The molecule has 0 saturated carbocycles. The number of pyridine rings is 1. The predicted octanol–water partition coefficient (Wildman–Crippen LogP) is 2.13. The number of urea groups is 1. The van der Waals surface area contributed by atoms with E-state index in [1.165, 1.54) is 36.7 Å². The molecule has 0 bridgehead atoms. The van der Waals surface area contributed by atoms with Gasteiger partial charge in [0.1, 0.15) is 0 Å². The third-order valence-corrected chi connectivity index (χ3v) is 4.21. The van der Waals surface area contributed by atoms with Crippen molar-refractivity contribution in [3.8, 4) is 0 Å². The van der Waals surface area contributed by atoms with E-state index in [4.69, 9.17) is 0 Å². The zero-order valence-electron chi connectivity index (χ0n) is 14.6. The molecule has 2 aromatic rings.